The Morgan fingerprint density at radius 1 is 1.00 bits per heavy atom. The highest BCUT2D eigenvalue weighted by atomic mass is 14.9. The summed E-state index contributed by atoms with van der Waals surface area (Å²) in [7, 11) is 0. The monoisotopic (exact) mass is 221 g/mol. The molecule has 1 N–H and O–H groups in total. The summed E-state index contributed by atoms with van der Waals surface area (Å²) in [6.07, 6.45) is 11.7. The van der Waals surface area contributed by atoms with Gasteiger partial charge < -0.3 is 5.32 Å². The highest BCUT2D eigenvalue weighted by Gasteiger charge is 1.94. The van der Waals surface area contributed by atoms with E-state index in [1.807, 2.05) is 12.2 Å². The van der Waals surface area contributed by atoms with Crippen molar-refractivity contribution in [3.05, 3.63) is 36.6 Å². The molecule has 0 saturated heterocycles. The fourth-order valence-corrected chi connectivity index (χ4v) is 1.61. The lowest BCUT2D eigenvalue weighted by molar-refractivity contribution is 0.594. The first-order valence-corrected chi connectivity index (χ1v) is 6.45. The molecule has 16 heavy (non-hydrogen) atoms. The van der Waals surface area contributed by atoms with Gasteiger partial charge in [-0.05, 0) is 25.0 Å². The van der Waals surface area contributed by atoms with Crippen LogP contribution in [0.4, 0.5) is 0 Å². The van der Waals surface area contributed by atoms with Crippen molar-refractivity contribution >= 4 is 0 Å². The van der Waals surface area contributed by atoms with Crippen LogP contribution in [0.5, 0.6) is 0 Å². The number of allylic oxidation sites excluding steroid dienone is 3. The molecule has 0 atom stereocenters. The maximum absolute atomic E-state index is 3.80. The molecule has 0 fully saturated rings. The van der Waals surface area contributed by atoms with Gasteiger partial charge in [-0.3, -0.25) is 0 Å². The summed E-state index contributed by atoms with van der Waals surface area (Å²) in [6, 6.07) is 0. The summed E-state index contributed by atoms with van der Waals surface area (Å²) >= 11 is 0. The van der Waals surface area contributed by atoms with E-state index in [-0.39, 0.29) is 0 Å². The molecule has 0 aliphatic heterocycles. The smallest absolute Gasteiger partial charge is 0.0363 e. The van der Waals surface area contributed by atoms with Gasteiger partial charge in [-0.2, -0.15) is 0 Å². The van der Waals surface area contributed by atoms with Crippen LogP contribution in [0, 0.1) is 0 Å². The lowest BCUT2D eigenvalue weighted by Crippen LogP contribution is -2.14. The van der Waals surface area contributed by atoms with Gasteiger partial charge >= 0.3 is 0 Å². The van der Waals surface area contributed by atoms with Gasteiger partial charge in [0.05, 0.1) is 0 Å². The fraction of sp³-hybridized carbons (Fsp3) is 0.600. The molecule has 0 heterocycles. The van der Waals surface area contributed by atoms with Gasteiger partial charge in [-0.15, -0.1) is 0 Å². The van der Waals surface area contributed by atoms with Crippen LogP contribution in [-0.2, 0) is 0 Å². The summed E-state index contributed by atoms with van der Waals surface area (Å²) in [4.78, 5) is 0. The lowest BCUT2D eigenvalue weighted by Gasteiger charge is -2.09. The molecule has 1 heteroatoms. The van der Waals surface area contributed by atoms with Crippen LogP contribution in [0.3, 0.4) is 0 Å². The molecule has 0 aliphatic carbocycles. The average molecular weight is 221 g/mol. The Hall–Kier alpha value is -0.980. The standard InChI is InChI=1S/C15H27N/c1-5-8-9-10-11-12-13-16-15(7-3)14(4)6-2/h6-7,16H,2-3,5,8-13H2,1,4H3/b15-14+. The van der Waals surface area contributed by atoms with Crippen LogP contribution in [-0.4, -0.2) is 6.54 Å². The van der Waals surface area contributed by atoms with Gasteiger partial charge in [0.25, 0.3) is 0 Å². The van der Waals surface area contributed by atoms with E-state index in [4.69, 9.17) is 0 Å². The second kappa shape index (κ2) is 10.5. The molecule has 0 spiro atoms. The molecule has 0 aromatic carbocycles. The van der Waals surface area contributed by atoms with Gasteiger partial charge in [-0.1, -0.05) is 58.3 Å². The maximum atomic E-state index is 3.80. The molecule has 0 rings (SSSR count). The number of rotatable bonds is 10. The third-order valence-electron chi connectivity index (χ3n) is 2.78. The topological polar surface area (TPSA) is 12.0 Å². The number of hydrogen-bond donors (Lipinski definition) is 1. The summed E-state index contributed by atoms with van der Waals surface area (Å²) < 4.78 is 0. The van der Waals surface area contributed by atoms with E-state index in [1.165, 1.54) is 44.1 Å². The lowest BCUT2D eigenvalue weighted by atomic mass is 10.1. The molecule has 0 unspecified atom stereocenters. The zero-order valence-electron chi connectivity index (χ0n) is 11.0. The van der Waals surface area contributed by atoms with E-state index in [9.17, 15) is 0 Å². The quantitative estimate of drug-likeness (QED) is 0.420. The van der Waals surface area contributed by atoms with Gasteiger partial charge in [0, 0.05) is 12.2 Å². The summed E-state index contributed by atoms with van der Waals surface area (Å²) in [5.74, 6) is 0. The zero-order valence-corrected chi connectivity index (χ0v) is 11.0. The van der Waals surface area contributed by atoms with Crippen molar-refractivity contribution in [1.82, 2.24) is 5.32 Å². The predicted molar refractivity (Wildman–Crippen MR) is 74.5 cm³/mol. The molecule has 0 saturated carbocycles. The van der Waals surface area contributed by atoms with Crippen LogP contribution >= 0.6 is 0 Å². The Kier molecular flexibility index (Phi) is 9.89. The average Bonchev–Trinajstić information content (AvgIpc) is 2.32. The number of nitrogens with one attached hydrogen (secondary N) is 1. The Balaban J connectivity index is 3.57. The molecule has 0 aromatic rings. The molecule has 0 amide bonds. The molecule has 0 radical (unpaired) electrons. The van der Waals surface area contributed by atoms with E-state index in [0.717, 1.165) is 12.2 Å². The molecular weight excluding hydrogens is 194 g/mol. The van der Waals surface area contributed by atoms with Crippen molar-refractivity contribution in [3.8, 4) is 0 Å². The number of hydrogen-bond acceptors (Lipinski definition) is 1. The first-order valence-electron chi connectivity index (χ1n) is 6.45. The zero-order chi connectivity index (χ0) is 12.2. The van der Waals surface area contributed by atoms with Crippen LogP contribution < -0.4 is 5.32 Å². The Morgan fingerprint density at radius 3 is 2.19 bits per heavy atom. The summed E-state index contributed by atoms with van der Waals surface area (Å²) in [5, 5.41) is 3.40. The van der Waals surface area contributed by atoms with Gasteiger partial charge in [0.15, 0.2) is 0 Å². The van der Waals surface area contributed by atoms with Crippen molar-refractivity contribution in [3.63, 3.8) is 0 Å². The van der Waals surface area contributed by atoms with Crippen molar-refractivity contribution in [1.29, 1.82) is 0 Å². The Labute approximate surface area is 101 Å². The van der Waals surface area contributed by atoms with Crippen molar-refractivity contribution in [2.24, 2.45) is 0 Å². The molecule has 0 aromatic heterocycles. The fourth-order valence-electron chi connectivity index (χ4n) is 1.61. The molecule has 0 aliphatic rings. The third kappa shape index (κ3) is 7.33. The minimum atomic E-state index is 1.04. The Bertz CT molecular complexity index is 226. The van der Waals surface area contributed by atoms with E-state index in [2.05, 4.69) is 32.3 Å². The van der Waals surface area contributed by atoms with Gasteiger partial charge in [-0.25, -0.2) is 0 Å². The van der Waals surface area contributed by atoms with Gasteiger partial charge in [0.1, 0.15) is 0 Å². The first kappa shape index (κ1) is 15.0. The van der Waals surface area contributed by atoms with Crippen LogP contribution in [0.15, 0.2) is 36.6 Å². The largest absolute Gasteiger partial charge is 0.385 e. The molecule has 92 valence electrons. The maximum Gasteiger partial charge on any atom is 0.0363 e. The minimum absolute atomic E-state index is 1.04. The normalized spacial score (nSPS) is 11.9. The van der Waals surface area contributed by atoms with Crippen LogP contribution in [0.1, 0.15) is 52.4 Å². The second-order valence-corrected chi connectivity index (χ2v) is 4.20. The molecular formula is C15H27N. The van der Waals surface area contributed by atoms with E-state index in [1.54, 1.807) is 0 Å². The highest BCUT2D eigenvalue weighted by molar-refractivity contribution is 5.27. The van der Waals surface area contributed by atoms with E-state index in [0.29, 0.717) is 0 Å². The van der Waals surface area contributed by atoms with E-state index >= 15 is 0 Å². The summed E-state index contributed by atoms with van der Waals surface area (Å²) in [5.41, 5.74) is 2.28. The minimum Gasteiger partial charge on any atom is -0.385 e. The van der Waals surface area contributed by atoms with Crippen molar-refractivity contribution < 1.29 is 0 Å². The highest BCUT2D eigenvalue weighted by Crippen LogP contribution is 2.06. The van der Waals surface area contributed by atoms with Gasteiger partial charge in [0.2, 0.25) is 0 Å². The number of unbranched alkanes of at least 4 members (excludes halogenated alkanes) is 5. The van der Waals surface area contributed by atoms with Crippen LogP contribution in [0.2, 0.25) is 0 Å². The second-order valence-electron chi connectivity index (χ2n) is 4.20. The molecule has 0 bridgehead atoms. The third-order valence-corrected chi connectivity index (χ3v) is 2.78. The van der Waals surface area contributed by atoms with Crippen molar-refractivity contribution in [2.75, 3.05) is 6.54 Å². The van der Waals surface area contributed by atoms with Crippen molar-refractivity contribution in [2.45, 2.75) is 52.4 Å². The molecule has 1 nitrogen and oxygen atoms in total. The van der Waals surface area contributed by atoms with Crippen LogP contribution in [0.25, 0.3) is 0 Å². The SMILES string of the molecule is C=C/C(C)=C(\C=C)NCCCCCCCC. The Morgan fingerprint density at radius 2 is 1.62 bits per heavy atom. The van der Waals surface area contributed by atoms with E-state index < -0.39 is 0 Å². The predicted octanol–water partition coefficient (Wildman–Crippen LogP) is 4.58. The summed E-state index contributed by atoms with van der Waals surface area (Å²) in [6.45, 7) is 12.9. The first-order chi connectivity index (χ1) is 7.76.